The number of fused-ring (bicyclic) bond motifs is 3. The standard InChI is InChI=1S/C16H10N2/c17-9-12(10-18)14-6-3-7-15-13-5-2-1-4-11(13)8-16(14)15/h1-7,12H,8H2. The van der Waals surface area contributed by atoms with Crippen molar-refractivity contribution < 1.29 is 0 Å². The summed E-state index contributed by atoms with van der Waals surface area (Å²) >= 11 is 0. The molecule has 3 rings (SSSR count). The second kappa shape index (κ2) is 4.02. The summed E-state index contributed by atoms with van der Waals surface area (Å²) in [5.41, 5.74) is 5.65. The maximum absolute atomic E-state index is 9.06. The van der Waals surface area contributed by atoms with E-state index >= 15 is 0 Å². The van der Waals surface area contributed by atoms with Gasteiger partial charge in [-0.1, -0.05) is 42.5 Å². The Bertz CT molecular complexity index is 688. The van der Waals surface area contributed by atoms with Gasteiger partial charge in [0.2, 0.25) is 0 Å². The fourth-order valence-corrected chi connectivity index (χ4v) is 2.62. The third-order valence-electron chi connectivity index (χ3n) is 3.46. The lowest BCUT2D eigenvalue weighted by atomic mass is 9.93. The summed E-state index contributed by atoms with van der Waals surface area (Å²) in [4.78, 5) is 0. The van der Waals surface area contributed by atoms with Crippen LogP contribution in [0.2, 0.25) is 0 Å². The third-order valence-corrected chi connectivity index (χ3v) is 3.46. The number of nitrogens with zero attached hydrogens (tertiary/aromatic N) is 2. The van der Waals surface area contributed by atoms with Crippen LogP contribution in [-0.2, 0) is 6.42 Å². The molecule has 0 bridgehead atoms. The molecule has 0 aliphatic heterocycles. The van der Waals surface area contributed by atoms with Crippen LogP contribution in [0.1, 0.15) is 22.6 Å². The third kappa shape index (κ3) is 1.40. The highest BCUT2D eigenvalue weighted by molar-refractivity contribution is 5.78. The van der Waals surface area contributed by atoms with E-state index in [2.05, 4.69) is 30.3 Å². The normalized spacial score (nSPS) is 11.5. The van der Waals surface area contributed by atoms with Gasteiger partial charge in [0.1, 0.15) is 0 Å². The van der Waals surface area contributed by atoms with E-state index in [-0.39, 0.29) is 0 Å². The van der Waals surface area contributed by atoms with Gasteiger partial charge in [-0.25, -0.2) is 0 Å². The van der Waals surface area contributed by atoms with E-state index in [1.807, 2.05) is 24.3 Å². The molecule has 2 nitrogen and oxygen atoms in total. The Morgan fingerprint density at radius 3 is 2.39 bits per heavy atom. The van der Waals surface area contributed by atoms with Crippen molar-refractivity contribution in [2.75, 3.05) is 0 Å². The molecule has 0 fully saturated rings. The first-order chi connectivity index (χ1) is 8.85. The molecule has 0 spiro atoms. The monoisotopic (exact) mass is 230 g/mol. The van der Waals surface area contributed by atoms with E-state index in [1.54, 1.807) is 0 Å². The Labute approximate surface area is 106 Å². The Balaban J connectivity index is 2.21. The largest absolute Gasteiger partial charge is 0.196 e. The van der Waals surface area contributed by atoms with E-state index in [0.29, 0.717) is 0 Å². The van der Waals surface area contributed by atoms with Gasteiger partial charge >= 0.3 is 0 Å². The summed E-state index contributed by atoms with van der Waals surface area (Å²) in [6.07, 6.45) is 0.821. The minimum atomic E-state index is -0.672. The molecule has 0 heterocycles. The average molecular weight is 230 g/mol. The van der Waals surface area contributed by atoms with Gasteiger partial charge in [-0.05, 0) is 34.2 Å². The van der Waals surface area contributed by atoms with Crippen LogP contribution in [0.25, 0.3) is 11.1 Å². The van der Waals surface area contributed by atoms with Gasteiger partial charge in [0, 0.05) is 0 Å². The maximum Gasteiger partial charge on any atom is 0.158 e. The number of hydrogen-bond donors (Lipinski definition) is 0. The summed E-state index contributed by atoms with van der Waals surface area (Å²) in [7, 11) is 0. The van der Waals surface area contributed by atoms with Gasteiger partial charge in [0.15, 0.2) is 5.92 Å². The predicted octanol–water partition coefficient (Wildman–Crippen LogP) is 3.39. The molecule has 18 heavy (non-hydrogen) atoms. The van der Waals surface area contributed by atoms with Gasteiger partial charge in [-0.15, -0.1) is 0 Å². The molecule has 2 aromatic rings. The molecule has 0 N–H and O–H groups in total. The van der Waals surface area contributed by atoms with Crippen LogP contribution < -0.4 is 0 Å². The lowest BCUT2D eigenvalue weighted by molar-refractivity contribution is 1.06. The fraction of sp³-hybridized carbons (Fsp3) is 0.125. The van der Waals surface area contributed by atoms with Crippen molar-refractivity contribution in [1.82, 2.24) is 0 Å². The average Bonchev–Trinajstić information content (AvgIpc) is 2.80. The van der Waals surface area contributed by atoms with E-state index in [0.717, 1.165) is 17.5 Å². The molecule has 1 aliphatic carbocycles. The lowest BCUT2D eigenvalue weighted by Crippen LogP contribution is -1.97. The molecule has 0 aromatic heterocycles. The Morgan fingerprint density at radius 1 is 0.889 bits per heavy atom. The van der Waals surface area contributed by atoms with Crippen LogP contribution >= 0.6 is 0 Å². The number of benzene rings is 2. The molecule has 0 amide bonds. The molecule has 1 aliphatic rings. The topological polar surface area (TPSA) is 47.6 Å². The number of hydrogen-bond acceptors (Lipinski definition) is 2. The van der Waals surface area contributed by atoms with Crippen molar-refractivity contribution in [3.63, 3.8) is 0 Å². The van der Waals surface area contributed by atoms with Crippen molar-refractivity contribution in [1.29, 1.82) is 10.5 Å². The summed E-state index contributed by atoms with van der Waals surface area (Å²) < 4.78 is 0. The minimum Gasteiger partial charge on any atom is -0.196 e. The Morgan fingerprint density at radius 2 is 1.61 bits per heavy atom. The minimum absolute atomic E-state index is 0.672. The van der Waals surface area contributed by atoms with Crippen molar-refractivity contribution in [2.24, 2.45) is 0 Å². The van der Waals surface area contributed by atoms with E-state index in [1.165, 1.54) is 16.7 Å². The van der Waals surface area contributed by atoms with E-state index in [9.17, 15) is 0 Å². The van der Waals surface area contributed by atoms with E-state index in [4.69, 9.17) is 10.5 Å². The summed E-state index contributed by atoms with van der Waals surface area (Å²) in [6.45, 7) is 0. The smallest absolute Gasteiger partial charge is 0.158 e. The summed E-state index contributed by atoms with van der Waals surface area (Å²) in [5, 5.41) is 18.1. The highest BCUT2D eigenvalue weighted by Crippen LogP contribution is 2.39. The second-order valence-corrected chi connectivity index (χ2v) is 4.40. The molecular formula is C16H10N2. The fourth-order valence-electron chi connectivity index (χ4n) is 2.62. The molecule has 0 saturated heterocycles. The molecule has 0 radical (unpaired) electrons. The zero-order valence-electron chi connectivity index (χ0n) is 9.72. The van der Waals surface area contributed by atoms with Crippen LogP contribution in [0.3, 0.4) is 0 Å². The number of rotatable bonds is 1. The van der Waals surface area contributed by atoms with Gasteiger partial charge < -0.3 is 0 Å². The Hall–Kier alpha value is -2.58. The Kier molecular flexibility index (Phi) is 2.36. The SMILES string of the molecule is N#CC(C#N)c1cccc2c1Cc1ccccc1-2. The predicted molar refractivity (Wildman–Crippen MR) is 68.7 cm³/mol. The van der Waals surface area contributed by atoms with Crippen LogP contribution in [0.4, 0.5) is 0 Å². The van der Waals surface area contributed by atoms with Crippen molar-refractivity contribution in [3.05, 3.63) is 59.2 Å². The van der Waals surface area contributed by atoms with Crippen molar-refractivity contribution >= 4 is 0 Å². The van der Waals surface area contributed by atoms with Crippen LogP contribution in [0, 0.1) is 22.7 Å². The molecule has 2 heteroatoms. The molecule has 2 aromatic carbocycles. The van der Waals surface area contributed by atoms with Gasteiger partial charge in [0.25, 0.3) is 0 Å². The first-order valence-electron chi connectivity index (χ1n) is 5.84. The lowest BCUT2D eigenvalue weighted by Gasteiger charge is -2.08. The van der Waals surface area contributed by atoms with Crippen LogP contribution in [-0.4, -0.2) is 0 Å². The molecule has 84 valence electrons. The van der Waals surface area contributed by atoms with Gasteiger partial charge in [-0.2, -0.15) is 10.5 Å². The van der Waals surface area contributed by atoms with Gasteiger partial charge in [0.05, 0.1) is 12.1 Å². The zero-order chi connectivity index (χ0) is 12.5. The number of nitriles is 2. The molecule has 0 atom stereocenters. The highest BCUT2D eigenvalue weighted by atomic mass is 14.3. The van der Waals surface area contributed by atoms with Crippen molar-refractivity contribution in [2.45, 2.75) is 12.3 Å². The van der Waals surface area contributed by atoms with Crippen LogP contribution in [0.15, 0.2) is 42.5 Å². The first-order valence-corrected chi connectivity index (χ1v) is 5.84. The van der Waals surface area contributed by atoms with Gasteiger partial charge in [-0.3, -0.25) is 0 Å². The molecule has 0 unspecified atom stereocenters. The molecule has 0 saturated carbocycles. The van der Waals surface area contributed by atoms with E-state index < -0.39 is 5.92 Å². The maximum atomic E-state index is 9.06. The summed E-state index contributed by atoms with van der Waals surface area (Å²) in [5.74, 6) is -0.672. The quantitative estimate of drug-likeness (QED) is 0.643. The molecular weight excluding hydrogens is 220 g/mol. The van der Waals surface area contributed by atoms with Crippen LogP contribution in [0.5, 0.6) is 0 Å². The second-order valence-electron chi connectivity index (χ2n) is 4.40. The first kappa shape index (κ1) is 10.6. The van der Waals surface area contributed by atoms with Crippen molar-refractivity contribution in [3.8, 4) is 23.3 Å². The zero-order valence-corrected chi connectivity index (χ0v) is 9.72. The highest BCUT2D eigenvalue weighted by Gasteiger charge is 2.23. The summed E-state index contributed by atoms with van der Waals surface area (Å²) in [6, 6.07) is 18.3.